The highest BCUT2D eigenvalue weighted by molar-refractivity contribution is 6.37. The molecule has 5 nitrogen and oxygen atoms in total. The number of anilines is 1. The third-order valence-electron chi connectivity index (χ3n) is 5.18. The lowest BCUT2D eigenvalue weighted by atomic mass is 9.93. The molecular formula is C20H24BN5. The van der Waals surface area contributed by atoms with E-state index in [-0.39, 0.29) is 0 Å². The summed E-state index contributed by atoms with van der Waals surface area (Å²) in [6.07, 6.45) is 6.19. The summed E-state index contributed by atoms with van der Waals surface area (Å²) in [6, 6.07) is 8.61. The summed E-state index contributed by atoms with van der Waals surface area (Å²) in [5.74, 6) is 1.39. The molecule has 0 unspecified atom stereocenters. The molecule has 0 amide bonds. The van der Waals surface area contributed by atoms with Crippen LogP contribution in [0.4, 0.5) is 5.82 Å². The van der Waals surface area contributed by atoms with Crippen LogP contribution in [0, 0.1) is 5.92 Å². The van der Waals surface area contributed by atoms with E-state index in [1.807, 2.05) is 24.1 Å². The monoisotopic (exact) mass is 345 g/mol. The van der Waals surface area contributed by atoms with Crippen LogP contribution in [0.5, 0.6) is 0 Å². The minimum Gasteiger partial charge on any atom is -0.344 e. The van der Waals surface area contributed by atoms with Crippen LogP contribution in [0.2, 0.25) is 0 Å². The highest BCUT2D eigenvalue weighted by Gasteiger charge is 2.17. The number of rotatable bonds is 4. The van der Waals surface area contributed by atoms with Gasteiger partial charge in [-0.05, 0) is 54.4 Å². The normalized spacial score (nSPS) is 15.3. The molecule has 2 aromatic heterocycles. The fraction of sp³-hybridized carbons (Fsp3) is 0.300. The molecule has 0 radical (unpaired) electrons. The molecule has 0 atom stereocenters. The maximum atomic E-state index is 4.74. The first-order valence-corrected chi connectivity index (χ1v) is 9.17. The number of nitrogens with zero attached hydrogens (tertiary/aromatic N) is 3. The first-order chi connectivity index (χ1) is 12.6. The zero-order valence-corrected chi connectivity index (χ0v) is 15.4. The van der Waals surface area contributed by atoms with E-state index in [1.165, 1.54) is 16.3 Å². The SMILES string of the molecule is Bc1nc(NC(=C)C2CCNCC2)cc2cc(-c3cnn(C)c3)ccc12. The number of aryl methyl sites for hydroxylation is 1. The number of hydrogen-bond acceptors (Lipinski definition) is 4. The first-order valence-electron chi connectivity index (χ1n) is 9.17. The Hall–Kier alpha value is -2.60. The number of pyridine rings is 1. The van der Waals surface area contributed by atoms with Crippen molar-refractivity contribution in [1.29, 1.82) is 0 Å². The van der Waals surface area contributed by atoms with E-state index < -0.39 is 0 Å². The van der Waals surface area contributed by atoms with E-state index in [1.54, 1.807) is 0 Å². The molecule has 0 bridgehead atoms. The zero-order chi connectivity index (χ0) is 18.1. The number of aromatic nitrogens is 3. The van der Waals surface area contributed by atoms with Gasteiger partial charge in [0, 0.05) is 36.0 Å². The molecule has 1 aromatic carbocycles. The van der Waals surface area contributed by atoms with Crippen molar-refractivity contribution in [2.75, 3.05) is 18.4 Å². The van der Waals surface area contributed by atoms with E-state index in [4.69, 9.17) is 4.98 Å². The van der Waals surface area contributed by atoms with Crippen molar-refractivity contribution in [1.82, 2.24) is 20.1 Å². The van der Waals surface area contributed by atoms with Gasteiger partial charge in [-0.1, -0.05) is 18.7 Å². The van der Waals surface area contributed by atoms with Gasteiger partial charge in [-0.15, -0.1) is 0 Å². The summed E-state index contributed by atoms with van der Waals surface area (Å²) in [5, 5.41) is 13.5. The average molecular weight is 345 g/mol. The highest BCUT2D eigenvalue weighted by atomic mass is 15.2. The molecule has 3 heterocycles. The van der Waals surface area contributed by atoms with Crippen LogP contribution < -0.4 is 16.2 Å². The lowest BCUT2D eigenvalue weighted by molar-refractivity contribution is 0.422. The maximum Gasteiger partial charge on any atom is 0.164 e. The van der Waals surface area contributed by atoms with Gasteiger partial charge in [-0.2, -0.15) is 5.10 Å². The highest BCUT2D eigenvalue weighted by Crippen LogP contribution is 2.26. The fourth-order valence-electron chi connectivity index (χ4n) is 3.68. The van der Waals surface area contributed by atoms with Crippen LogP contribution in [0.25, 0.3) is 21.9 Å². The smallest absolute Gasteiger partial charge is 0.164 e. The molecule has 0 aliphatic carbocycles. The number of nitrogens with one attached hydrogen (secondary N) is 2. The lowest BCUT2D eigenvalue weighted by Gasteiger charge is -2.25. The third-order valence-corrected chi connectivity index (χ3v) is 5.18. The fourth-order valence-corrected chi connectivity index (χ4v) is 3.68. The predicted octanol–water partition coefficient (Wildman–Crippen LogP) is 1.82. The summed E-state index contributed by atoms with van der Waals surface area (Å²) in [6.45, 7) is 6.38. The van der Waals surface area contributed by atoms with Gasteiger partial charge < -0.3 is 10.6 Å². The molecule has 26 heavy (non-hydrogen) atoms. The molecule has 3 aromatic rings. The Bertz CT molecular complexity index is 956. The third kappa shape index (κ3) is 3.37. The first kappa shape index (κ1) is 16.9. The predicted molar refractivity (Wildman–Crippen MR) is 110 cm³/mol. The quantitative estimate of drug-likeness (QED) is 0.709. The number of piperidine rings is 1. The molecular weight excluding hydrogens is 321 g/mol. The second kappa shape index (κ2) is 6.96. The van der Waals surface area contributed by atoms with Crippen molar-refractivity contribution in [2.24, 2.45) is 13.0 Å². The molecule has 0 spiro atoms. The van der Waals surface area contributed by atoms with Gasteiger partial charge in [-0.25, -0.2) is 4.98 Å². The van der Waals surface area contributed by atoms with Crippen LogP contribution >= 0.6 is 0 Å². The summed E-state index contributed by atoms with van der Waals surface area (Å²) < 4.78 is 1.83. The van der Waals surface area contributed by atoms with Crippen LogP contribution in [-0.2, 0) is 7.05 Å². The van der Waals surface area contributed by atoms with Gasteiger partial charge in [0.25, 0.3) is 0 Å². The Morgan fingerprint density at radius 2 is 2.08 bits per heavy atom. The molecule has 0 saturated carbocycles. The maximum absolute atomic E-state index is 4.74. The largest absolute Gasteiger partial charge is 0.344 e. The summed E-state index contributed by atoms with van der Waals surface area (Å²) in [7, 11) is 4.00. The Labute approximate surface area is 154 Å². The van der Waals surface area contributed by atoms with Crippen LogP contribution in [-0.4, -0.2) is 35.7 Å². The van der Waals surface area contributed by atoms with Crippen LogP contribution in [0.1, 0.15) is 12.8 Å². The van der Waals surface area contributed by atoms with Crippen molar-refractivity contribution in [2.45, 2.75) is 12.8 Å². The number of benzene rings is 1. The van der Waals surface area contributed by atoms with E-state index in [0.29, 0.717) is 5.92 Å². The van der Waals surface area contributed by atoms with Gasteiger partial charge in [0.05, 0.1) is 6.20 Å². The van der Waals surface area contributed by atoms with Gasteiger partial charge in [-0.3, -0.25) is 4.68 Å². The van der Waals surface area contributed by atoms with Gasteiger partial charge in [0.1, 0.15) is 5.82 Å². The number of hydrogen-bond donors (Lipinski definition) is 2. The van der Waals surface area contributed by atoms with Gasteiger partial charge in [0.15, 0.2) is 7.85 Å². The van der Waals surface area contributed by atoms with Gasteiger partial charge >= 0.3 is 0 Å². The molecule has 2 N–H and O–H groups in total. The lowest BCUT2D eigenvalue weighted by Crippen LogP contribution is -2.30. The minimum absolute atomic E-state index is 0.510. The van der Waals surface area contributed by atoms with Crippen molar-refractivity contribution < 1.29 is 0 Å². The summed E-state index contributed by atoms with van der Waals surface area (Å²) >= 11 is 0. The van der Waals surface area contributed by atoms with E-state index in [0.717, 1.165) is 48.6 Å². The van der Waals surface area contributed by atoms with E-state index >= 15 is 0 Å². The Morgan fingerprint density at radius 3 is 2.81 bits per heavy atom. The van der Waals surface area contributed by atoms with Crippen LogP contribution in [0.3, 0.4) is 0 Å². The van der Waals surface area contributed by atoms with Crippen molar-refractivity contribution >= 4 is 30.0 Å². The summed E-state index contributed by atoms with van der Waals surface area (Å²) in [4.78, 5) is 4.74. The summed E-state index contributed by atoms with van der Waals surface area (Å²) in [5.41, 5.74) is 4.39. The van der Waals surface area contributed by atoms with Crippen molar-refractivity contribution in [3.63, 3.8) is 0 Å². The Morgan fingerprint density at radius 1 is 1.27 bits per heavy atom. The standard InChI is InChI=1S/C20H24BN5/c1-13(14-5-7-22-8-6-14)24-19-10-16-9-15(17-11-23-26(2)12-17)3-4-18(16)20(21)25-19/h3-4,9-12,14,22H,1,5-8,21H2,2H3,(H,24,25). The topological polar surface area (TPSA) is 54.8 Å². The second-order valence-corrected chi connectivity index (χ2v) is 7.11. The zero-order valence-electron chi connectivity index (χ0n) is 15.4. The van der Waals surface area contributed by atoms with Crippen LogP contribution in [0.15, 0.2) is 48.9 Å². The molecule has 6 heteroatoms. The average Bonchev–Trinajstić information content (AvgIpc) is 3.08. The van der Waals surface area contributed by atoms with E-state index in [9.17, 15) is 0 Å². The molecule has 4 rings (SSSR count). The number of fused-ring (bicyclic) bond motifs is 1. The second-order valence-electron chi connectivity index (χ2n) is 7.11. The van der Waals surface area contributed by atoms with E-state index in [2.05, 4.69) is 54.4 Å². The minimum atomic E-state index is 0.510. The molecule has 132 valence electrons. The Balaban J connectivity index is 1.64. The Kier molecular flexibility index (Phi) is 4.51. The molecule has 1 fully saturated rings. The van der Waals surface area contributed by atoms with Crippen molar-refractivity contribution in [3.05, 3.63) is 48.9 Å². The number of allylic oxidation sites excluding steroid dienone is 1. The van der Waals surface area contributed by atoms with Crippen molar-refractivity contribution in [3.8, 4) is 11.1 Å². The molecule has 1 saturated heterocycles. The van der Waals surface area contributed by atoms with Gasteiger partial charge in [0.2, 0.25) is 0 Å². The molecule has 1 aliphatic heterocycles. The molecule has 1 aliphatic rings.